The molecule has 0 unspecified atom stereocenters. The lowest BCUT2D eigenvalue weighted by Crippen LogP contribution is -2.35. The lowest BCUT2D eigenvalue weighted by molar-refractivity contribution is -0.117. The zero-order chi connectivity index (χ0) is 10.6. The molecule has 4 heteroatoms. The fraction of sp³-hybridized carbons (Fsp3) is 0.500. The first kappa shape index (κ1) is 11.2. The van der Waals surface area contributed by atoms with Crippen LogP contribution in [-0.4, -0.2) is 26.0 Å². The Morgan fingerprint density at radius 2 is 2.36 bits per heavy atom. The van der Waals surface area contributed by atoms with E-state index in [1.807, 2.05) is 32.3 Å². The van der Waals surface area contributed by atoms with Crippen LogP contribution < -0.4 is 10.2 Å². The van der Waals surface area contributed by atoms with Gasteiger partial charge in [-0.1, -0.05) is 6.92 Å². The molecule has 3 nitrogen and oxygen atoms in total. The molecule has 78 valence electrons. The summed E-state index contributed by atoms with van der Waals surface area (Å²) in [6.07, 6.45) is 0. The molecule has 1 amide bonds. The van der Waals surface area contributed by atoms with Gasteiger partial charge in [0, 0.05) is 7.05 Å². The Bertz CT molecular complexity index is 309. The molecule has 1 N–H and O–H groups in total. The van der Waals surface area contributed by atoms with Crippen molar-refractivity contribution >= 4 is 22.2 Å². The van der Waals surface area contributed by atoms with E-state index in [9.17, 15) is 4.79 Å². The van der Waals surface area contributed by atoms with Gasteiger partial charge in [-0.25, -0.2) is 0 Å². The smallest absolute Gasteiger partial charge is 0.241 e. The summed E-state index contributed by atoms with van der Waals surface area (Å²) in [5.74, 6) is 0.109. The standard InChI is InChI=1S/C10H16N2OS/c1-4-11-7-9(13)12(3)10-8(2)5-6-14-10/h5-6,11H,4,7H2,1-3H3. The topological polar surface area (TPSA) is 32.3 Å². The van der Waals surface area contributed by atoms with Crippen molar-refractivity contribution in [2.24, 2.45) is 0 Å². The quantitative estimate of drug-likeness (QED) is 0.822. The van der Waals surface area contributed by atoms with Gasteiger partial charge in [0.05, 0.1) is 6.54 Å². The molecule has 0 aromatic carbocycles. The maximum absolute atomic E-state index is 11.6. The van der Waals surface area contributed by atoms with Crippen LogP contribution in [0.15, 0.2) is 11.4 Å². The number of thiophene rings is 1. The fourth-order valence-electron chi connectivity index (χ4n) is 1.17. The molecule has 0 spiro atoms. The summed E-state index contributed by atoms with van der Waals surface area (Å²) in [7, 11) is 1.82. The third-order valence-electron chi connectivity index (χ3n) is 2.04. The second-order valence-corrected chi connectivity index (χ2v) is 4.04. The van der Waals surface area contributed by atoms with Crippen LogP contribution in [0.1, 0.15) is 12.5 Å². The maximum Gasteiger partial charge on any atom is 0.241 e. The second kappa shape index (κ2) is 5.12. The number of aryl methyl sites for hydroxylation is 1. The van der Waals surface area contributed by atoms with E-state index < -0.39 is 0 Å². The van der Waals surface area contributed by atoms with Crippen LogP contribution >= 0.6 is 11.3 Å². The summed E-state index contributed by atoms with van der Waals surface area (Å²) in [5.41, 5.74) is 1.15. The van der Waals surface area contributed by atoms with Crippen molar-refractivity contribution in [3.63, 3.8) is 0 Å². The first-order valence-electron chi connectivity index (χ1n) is 4.68. The lowest BCUT2D eigenvalue weighted by Gasteiger charge is -2.16. The van der Waals surface area contributed by atoms with Crippen LogP contribution in [0.25, 0.3) is 0 Å². The Hall–Kier alpha value is -0.870. The number of anilines is 1. The first-order chi connectivity index (χ1) is 6.66. The number of carbonyl (C=O) groups excluding carboxylic acids is 1. The van der Waals surface area contributed by atoms with E-state index in [0.717, 1.165) is 17.1 Å². The van der Waals surface area contributed by atoms with Crippen LogP contribution in [0.4, 0.5) is 5.00 Å². The molecule has 1 heterocycles. The van der Waals surface area contributed by atoms with Crippen LogP contribution in [0.2, 0.25) is 0 Å². The van der Waals surface area contributed by atoms with Gasteiger partial charge in [0.1, 0.15) is 5.00 Å². The van der Waals surface area contributed by atoms with E-state index >= 15 is 0 Å². The second-order valence-electron chi connectivity index (χ2n) is 3.14. The summed E-state index contributed by atoms with van der Waals surface area (Å²) < 4.78 is 0. The van der Waals surface area contributed by atoms with Gasteiger partial charge in [-0.2, -0.15) is 0 Å². The summed E-state index contributed by atoms with van der Waals surface area (Å²) in [4.78, 5) is 13.3. The number of likely N-dealkylation sites (N-methyl/N-ethyl adjacent to an activating group) is 2. The summed E-state index contributed by atoms with van der Waals surface area (Å²) in [5, 5.41) is 6.06. The Morgan fingerprint density at radius 3 is 2.86 bits per heavy atom. The van der Waals surface area contributed by atoms with Gasteiger partial charge in [0.25, 0.3) is 0 Å². The zero-order valence-electron chi connectivity index (χ0n) is 8.83. The van der Waals surface area contributed by atoms with Crippen LogP contribution in [0.5, 0.6) is 0 Å². The molecule has 1 aromatic rings. The van der Waals surface area contributed by atoms with Gasteiger partial charge >= 0.3 is 0 Å². The number of nitrogens with zero attached hydrogens (tertiary/aromatic N) is 1. The Balaban J connectivity index is 2.61. The fourth-order valence-corrected chi connectivity index (χ4v) is 2.09. The van der Waals surface area contributed by atoms with Gasteiger partial charge < -0.3 is 10.2 Å². The molecule has 1 aromatic heterocycles. The van der Waals surface area contributed by atoms with E-state index in [2.05, 4.69) is 5.32 Å². The highest BCUT2D eigenvalue weighted by Crippen LogP contribution is 2.25. The van der Waals surface area contributed by atoms with Gasteiger partial charge in [0.2, 0.25) is 5.91 Å². The SMILES string of the molecule is CCNCC(=O)N(C)c1sccc1C. The molecule has 0 radical (unpaired) electrons. The Morgan fingerprint density at radius 1 is 1.64 bits per heavy atom. The minimum Gasteiger partial charge on any atom is -0.309 e. The summed E-state index contributed by atoms with van der Waals surface area (Å²) >= 11 is 1.60. The minimum absolute atomic E-state index is 0.109. The van der Waals surface area contributed by atoms with Crippen molar-refractivity contribution in [1.29, 1.82) is 0 Å². The summed E-state index contributed by atoms with van der Waals surface area (Å²) in [6, 6.07) is 2.02. The first-order valence-corrected chi connectivity index (χ1v) is 5.56. The van der Waals surface area contributed by atoms with Crippen molar-refractivity contribution in [3.8, 4) is 0 Å². The summed E-state index contributed by atoms with van der Waals surface area (Å²) in [6.45, 7) is 5.24. The van der Waals surface area contributed by atoms with E-state index in [1.165, 1.54) is 0 Å². The molecular weight excluding hydrogens is 196 g/mol. The van der Waals surface area contributed by atoms with Crippen molar-refractivity contribution < 1.29 is 4.79 Å². The average Bonchev–Trinajstić information content (AvgIpc) is 2.59. The largest absolute Gasteiger partial charge is 0.309 e. The Labute approximate surface area is 88.7 Å². The van der Waals surface area contributed by atoms with Gasteiger partial charge in [0.15, 0.2) is 0 Å². The number of amides is 1. The molecule has 0 bridgehead atoms. The number of hydrogen-bond donors (Lipinski definition) is 1. The highest BCUT2D eigenvalue weighted by molar-refractivity contribution is 7.14. The third-order valence-corrected chi connectivity index (χ3v) is 3.13. The van der Waals surface area contributed by atoms with Gasteiger partial charge in [-0.05, 0) is 30.5 Å². The third kappa shape index (κ3) is 2.56. The highest BCUT2D eigenvalue weighted by Gasteiger charge is 2.12. The van der Waals surface area contributed by atoms with Crippen molar-refractivity contribution in [3.05, 3.63) is 17.0 Å². The van der Waals surface area contributed by atoms with Crippen LogP contribution in [0.3, 0.4) is 0 Å². The molecule has 0 saturated heterocycles. The predicted octanol–water partition coefficient (Wildman–Crippen LogP) is 1.63. The molecule has 14 heavy (non-hydrogen) atoms. The monoisotopic (exact) mass is 212 g/mol. The Kier molecular flexibility index (Phi) is 4.10. The van der Waals surface area contributed by atoms with E-state index in [4.69, 9.17) is 0 Å². The molecule has 1 rings (SSSR count). The molecule has 0 aliphatic carbocycles. The maximum atomic E-state index is 11.6. The molecule has 0 saturated carbocycles. The van der Waals surface area contributed by atoms with Crippen molar-refractivity contribution in [1.82, 2.24) is 5.32 Å². The van der Waals surface area contributed by atoms with Crippen molar-refractivity contribution in [2.45, 2.75) is 13.8 Å². The number of nitrogens with one attached hydrogen (secondary N) is 1. The molecule has 0 atom stereocenters. The minimum atomic E-state index is 0.109. The molecule has 0 aliphatic rings. The number of rotatable bonds is 4. The molecule has 0 aliphatic heterocycles. The zero-order valence-corrected chi connectivity index (χ0v) is 9.65. The molecule has 0 fully saturated rings. The van der Waals surface area contributed by atoms with Crippen LogP contribution in [0, 0.1) is 6.92 Å². The molecular formula is C10H16N2OS. The highest BCUT2D eigenvalue weighted by atomic mass is 32.1. The predicted molar refractivity (Wildman–Crippen MR) is 61.0 cm³/mol. The van der Waals surface area contributed by atoms with E-state index in [-0.39, 0.29) is 5.91 Å². The van der Waals surface area contributed by atoms with E-state index in [0.29, 0.717) is 6.54 Å². The normalized spacial score (nSPS) is 10.2. The van der Waals surface area contributed by atoms with Gasteiger partial charge in [-0.15, -0.1) is 11.3 Å². The number of hydrogen-bond acceptors (Lipinski definition) is 3. The lowest BCUT2D eigenvalue weighted by atomic mass is 10.3. The van der Waals surface area contributed by atoms with Crippen LogP contribution in [-0.2, 0) is 4.79 Å². The average molecular weight is 212 g/mol. The van der Waals surface area contributed by atoms with E-state index in [1.54, 1.807) is 16.2 Å². The van der Waals surface area contributed by atoms with Crippen molar-refractivity contribution in [2.75, 3.05) is 25.0 Å². The number of carbonyl (C=O) groups is 1. The van der Waals surface area contributed by atoms with Gasteiger partial charge in [-0.3, -0.25) is 4.79 Å².